The highest BCUT2D eigenvalue weighted by atomic mass is 16.2. The molecule has 0 radical (unpaired) electrons. The molecule has 0 bridgehead atoms. The van der Waals surface area contributed by atoms with Crippen LogP contribution in [0.2, 0.25) is 0 Å². The van der Waals surface area contributed by atoms with Gasteiger partial charge in [0.05, 0.1) is 11.9 Å². The van der Waals surface area contributed by atoms with Crippen LogP contribution in [0.3, 0.4) is 0 Å². The van der Waals surface area contributed by atoms with Gasteiger partial charge < -0.3 is 5.32 Å². The molecule has 0 fully saturated rings. The smallest absolute Gasteiger partial charge is 0.277 e. The molecule has 6 nitrogen and oxygen atoms in total. The number of carbonyl (C=O) groups excluding carboxylic acids is 1. The van der Waals surface area contributed by atoms with Crippen molar-refractivity contribution in [3.05, 3.63) is 65.9 Å². The number of hydrogen-bond donors (Lipinski definition) is 1. The number of nitrogens with zero attached hydrogens (tertiary/aromatic N) is 4. The molecule has 3 rings (SSSR count). The van der Waals surface area contributed by atoms with E-state index in [1.165, 1.54) is 18.0 Å². The van der Waals surface area contributed by atoms with Gasteiger partial charge in [0.2, 0.25) is 0 Å². The van der Waals surface area contributed by atoms with Crippen molar-refractivity contribution in [2.24, 2.45) is 0 Å². The molecule has 1 aromatic carbocycles. The van der Waals surface area contributed by atoms with Gasteiger partial charge in [0.15, 0.2) is 11.5 Å². The zero-order valence-electron chi connectivity index (χ0n) is 12.3. The summed E-state index contributed by atoms with van der Waals surface area (Å²) in [6, 6.07) is 9.70. The van der Waals surface area contributed by atoms with E-state index in [0.29, 0.717) is 11.5 Å². The van der Waals surface area contributed by atoms with Crippen molar-refractivity contribution < 1.29 is 4.79 Å². The number of nitrogens with one attached hydrogen (secondary N) is 1. The van der Waals surface area contributed by atoms with Crippen LogP contribution in [0.15, 0.2) is 48.9 Å². The molecule has 0 saturated carbocycles. The molecule has 0 aliphatic rings. The quantitative estimate of drug-likeness (QED) is 0.805. The summed E-state index contributed by atoms with van der Waals surface area (Å²) < 4.78 is 1.74. The fourth-order valence-electron chi connectivity index (χ4n) is 2.08. The van der Waals surface area contributed by atoms with Crippen molar-refractivity contribution in [3.63, 3.8) is 0 Å². The summed E-state index contributed by atoms with van der Waals surface area (Å²) in [5, 5.41) is 7.03. The van der Waals surface area contributed by atoms with Crippen LogP contribution in [0.25, 0.3) is 5.69 Å². The molecule has 3 aromatic rings. The van der Waals surface area contributed by atoms with Gasteiger partial charge in [-0.15, -0.1) is 0 Å². The molecule has 0 atom stereocenters. The number of amides is 1. The number of rotatable bonds is 3. The van der Waals surface area contributed by atoms with Gasteiger partial charge in [0.1, 0.15) is 0 Å². The molecule has 0 saturated heterocycles. The van der Waals surface area contributed by atoms with Crippen molar-refractivity contribution in [2.45, 2.75) is 13.8 Å². The second-order valence-electron chi connectivity index (χ2n) is 4.96. The first-order chi connectivity index (χ1) is 10.6. The standard InChI is InChI=1S/C16H15N5O/c1-11-3-5-13(6-4-11)21-12(2)9-14(20-21)16(22)19-15-10-17-7-8-18-15/h3-10H,1-2H3,(H,18,19,22). The number of anilines is 1. The second kappa shape index (κ2) is 5.77. The minimum atomic E-state index is -0.311. The fraction of sp³-hybridized carbons (Fsp3) is 0.125. The summed E-state index contributed by atoms with van der Waals surface area (Å²) in [7, 11) is 0. The maximum atomic E-state index is 12.2. The Kier molecular flexibility index (Phi) is 3.65. The average Bonchev–Trinajstić information content (AvgIpc) is 2.91. The molecule has 2 aromatic heterocycles. The number of carbonyl (C=O) groups is 1. The first-order valence-corrected chi connectivity index (χ1v) is 6.84. The lowest BCUT2D eigenvalue weighted by Crippen LogP contribution is -2.14. The molecule has 0 aliphatic carbocycles. The normalized spacial score (nSPS) is 10.5. The largest absolute Gasteiger partial charge is 0.304 e. The van der Waals surface area contributed by atoms with Crippen molar-refractivity contribution in [1.29, 1.82) is 0 Å². The first kappa shape index (κ1) is 13.9. The van der Waals surface area contributed by atoms with Crippen LogP contribution in [0.1, 0.15) is 21.7 Å². The van der Waals surface area contributed by atoms with E-state index in [2.05, 4.69) is 20.4 Å². The molecular formula is C16H15N5O. The highest BCUT2D eigenvalue weighted by molar-refractivity contribution is 6.02. The van der Waals surface area contributed by atoms with Gasteiger partial charge in [0.25, 0.3) is 5.91 Å². The van der Waals surface area contributed by atoms with Crippen LogP contribution < -0.4 is 5.32 Å². The Labute approximate surface area is 127 Å². The summed E-state index contributed by atoms with van der Waals surface area (Å²) in [6.45, 7) is 3.94. The van der Waals surface area contributed by atoms with Crippen molar-refractivity contribution in [3.8, 4) is 5.69 Å². The van der Waals surface area contributed by atoms with Gasteiger partial charge in [-0.05, 0) is 32.0 Å². The van der Waals surface area contributed by atoms with E-state index < -0.39 is 0 Å². The lowest BCUT2D eigenvalue weighted by Gasteiger charge is -2.04. The third-order valence-corrected chi connectivity index (χ3v) is 3.20. The molecule has 1 amide bonds. The monoisotopic (exact) mass is 293 g/mol. The summed E-state index contributed by atoms with van der Waals surface area (Å²) in [5.41, 5.74) is 3.31. The van der Waals surface area contributed by atoms with Crippen LogP contribution >= 0.6 is 0 Å². The van der Waals surface area contributed by atoms with Crippen molar-refractivity contribution in [1.82, 2.24) is 19.7 Å². The Morgan fingerprint density at radius 1 is 1.14 bits per heavy atom. The van der Waals surface area contributed by atoms with Crippen LogP contribution in [-0.4, -0.2) is 25.7 Å². The van der Waals surface area contributed by atoms with E-state index in [9.17, 15) is 4.79 Å². The van der Waals surface area contributed by atoms with Crippen molar-refractivity contribution in [2.75, 3.05) is 5.32 Å². The Balaban J connectivity index is 1.85. The van der Waals surface area contributed by atoms with E-state index >= 15 is 0 Å². The summed E-state index contributed by atoms with van der Waals surface area (Å²) in [4.78, 5) is 20.1. The zero-order valence-corrected chi connectivity index (χ0v) is 12.3. The summed E-state index contributed by atoms with van der Waals surface area (Å²) >= 11 is 0. The number of hydrogen-bond acceptors (Lipinski definition) is 4. The molecular weight excluding hydrogens is 278 g/mol. The lowest BCUT2D eigenvalue weighted by atomic mass is 10.2. The number of aryl methyl sites for hydroxylation is 2. The molecule has 110 valence electrons. The predicted molar refractivity (Wildman–Crippen MR) is 83.0 cm³/mol. The van der Waals surface area contributed by atoms with Gasteiger partial charge in [-0.2, -0.15) is 5.10 Å². The Bertz CT molecular complexity index is 793. The minimum absolute atomic E-state index is 0.311. The van der Waals surface area contributed by atoms with E-state index in [1.54, 1.807) is 16.9 Å². The van der Waals surface area contributed by atoms with Gasteiger partial charge in [-0.1, -0.05) is 17.7 Å². The maximum absolute atomic E-state index is 12.2. The molecule has 1 N–H and O–H groups in total. The molecule has 0 spiro atoms. The van der Waals surface area contributed by atoms with Crippen LogP contribution in [0, 0.1) is 13.8 Å². The molecule has 2 heterocycles. The third-order valence-electron chi connectivity index (χ3n) is 3.20. The predicted octanol–water partition coefficient (Wildman–Crippen LogP) is 2.53. The Hall–Kier alpha value is -3.02. The number of benzene rings is 1. The van der Waals surface area contributed by atoms with Gasteiger partial charge in [-0.25, -0.2) is 9.67 Å². The molecule has 6 heteroatoms. The minimum Gasteiger partial charge on any atom is -0.304 e. The van der Waals surface area contributed by atoms with E-state index in [-0.39, 0.29) is 5.91 Å². The first-order valence-electron chi connectivity index (χ1n) is 6.84. The highest BCUT2D eigenvalue weighted by Gasteiger charge is 2.14. The summed E-state index contributed by atoms with van der Waals surface area (Å²) in [5.74, 6) is 0.0875. The van der Waals surface area contributed by atoms with E-state index in [4.69, 9.17) is 0 Å². The fourth-order valence-corrected chi connectivity index (χ4v) is 2.08. The zero-order chi connectivity index (χ0) is 15.5. The lowest BCUT2D eigenvalue weighted by molar-refractivity contribution is 0.102. The topological polar surface area (TPSA) is 72.7 Å². The molecule has 0 aliphatic heterocycles. The van der Waals surface area contributed by atoms with Gasteiger partial charge >= 0.3 is 0 Å². The average molecular weight is 293 g/mol. The number of aromatic nitrogens is 4. The maximum Gasteiger partial charge on any atom is 0.277 e. The molecule has 0 unspecified atom stereocenters. The van der Waals surface area contributed by atoms with Crippen LogP contribution in [0.5, 0.6) is 0 Å². The van der Waals surface area contributed by atoms with E-state index in [1.807, 2.05) is 38.1 Å². The van der Waals surface area contributed by atoms with Gasteiger partial charge in [-0.3, -0.25) is 9.78 Å². The second-order valence-corrected chi connectivity index (χ2v) is 4.96. The van der Waals surface area contributed by atoms with Crippen LogP contribution in [-0.2, 0) is 0 Å². The van der Waals surface area contributed by atoms with Crippen molar-refractivity contribution >= 4 is 11.7 Å². The molecule has 22 heavy (non-hydrogen) atoms. The third kappa shape index (κ3) is 2.85. The SMILES string of the molecule is Cc1ccc(-n2nc(C(=O)Nc3cnccn3)cc2C)cc1. The highest BCUT2D eigenvalue weighted by Crippen LogP contribution is 2.14. The van der Waals surface area contributed by atoms with Crippen LogP contribution in [0.4, 0.5) is 5.82 Å². The Morgan fingerprint density at radius 2 is 1.91 bits per heavy atom. The van der Waals surface area contributed by atoms with E-state index in [0.717, 1.165) is 11.4 Å². The summed E-state index contributed by atoms with van der Waals surface area (Å²) in [6.07, 6.45) is 4.55. The Morgan fingerprint density at radius 3 is 2.59 bits per heavy atom. The van der Waals surface area contributed by atoms with Gasteiger partial charge in [0, 0.05) is 18.1 Å².